The van der Waals surface area contributed by atoms with E-state index in [1.54, 1.807) is 39.8 Å². The van der Waals surface area contributed by atoms with E-state index in [-0.39, 0.29) is 11.5 Å². The molecule has 6 heteroatoms. The molecule has 0 spiro atoms. The van der Waals surface area contributed by atoms with E-state index >= 15 is 0 Å². The fourth-order valence-electron chi connectivity index (χ4n) is 4.36. The van der Waals surface area contributed by atoms with Gasteiger partial charge >= 0.3 is 0 Å². The highest BCUT2D eigenvalue weighted by Gasteiger charge is 2.28. The van der Waals surface area contributed by atoms with Gasteiger partial charge in [-0.3, -0.25) is 14.2 Å². The molecule has 5 nitrogen and oxygen atoms in total. The highest BCUT2D eigenvalue weighted by molar-refractivity contribution is 6.33. The number of fused-ring (bicyclic) bond motifs is 1. The summed E-state index contributed by atoms with van der Waals surface area (Å²) in [5.74, 6) is 0.332. The minimum Gasteiger partial charge on any atom is -0.329 e. The summed E-state index contributed by atoms with van der Waals surface area (Å²) < 4.78 is 1.66. The quantitative estimate of drug-likeness (QED) is 0.331. The van der Waals surface area contributed by atoms with Gasteiger partial charge in [-0.1, -0.05) is 60.5 Å². The van der Waals surface area contributed by atoms with E-state index in [0.717, 1.165) is 23.2 Å². The Balaban J connectivity index is 1.95. The summed E-state index contributed by atoms with van der Waals surface area (Å²) in [5, 5.41) is 0.942. The number of aryl methyl sites for hydroxylation is 2. The normalized spacial score (nSPS) is 12.0. The molecular weight excluding hydrogens is 446 g/mol. The highest BCUT2D eigenvalue weighted by Crippen LogP contribution is 2.27. The minimum absolute atomic E-state index is 0.152. The molecule has 0 aliphatic carbocycles. The average molecular weight is 474 g/mol. The number of amides is 1. The number of para-hydroxylation sites is 1. The third-order valence-electron chi connectivity index (χ3n) is 6.07. The van der Waals surface area contributed by atoms with Gasteiger partial charge in [0.2, 0.25) is 0 Å². The first kappa shape index (κ1) is 23.7. The zero-order valence-electron chi connectivity index (χ0n) is 19.9. The second-order valence-electron chi connectivity index (χ2n) is 8.57. The van der Waals surface area contributed by atoms with Crippen LogP contribution in [0.25, 0.3) is 16.6 Å². The number of hydrogen-bond acceptors (Lipinski definition) is 3. The maximum Gasteiger partial charge on any atom is 0.266 e. The van der Waals surface area contributed by atoms with Gasteiger partial charge in [0.05, 0.1) is 33.2 Å². The van der Waals surface area contributed by atoms with Gasteiger partial charge in [-0.2, -0.15) is 0 Å². The second kappa shape index (κ2) is 9.82. The lowest BCUT2D eigenvalue weighted by molar-refractivity contribution is 0.0681. The molecule has 1 heterocycles. The minimum atomic E-state index is -0.471. The van der Waals surface area contributed by atoms with Gasteiger partial charge in [-0.25, -0.2) is 4.98 Å². The third-order valence-corrected chi connectivity index (χ3v) is 6.40. The van der Waals surface area contributed by atoms with E-state index in [1.807, 2.05) is 64.1 Å². The van der Waals surface area contributed by atoms with Crippen molar-refractivity contribution in [1.29, 1.82) is 0 Å². The predicted octanol–water partition coefficient (Wildman–Crippen LogP) is 6.27. The maximum absolute atomic E-state index is 13.8. The molecule has 0 fully saturated rings. The zero-order chi connectivity index (χ0) is 24.4. The van der Waals surface area contributed by atoms with Crippen LogP contribution in [0.5, 0.6) is 0 Å². The highest BCUT2D eigenvalue weighted by atomic mass is 35.5. The van der Waals surface area contributed by atoms with Gasteiger partial charge in [0.25, 0.3) is 11.5 Å². The topological polar surface area (TPSA) is 55.2 Å². The molecular formula is C28H28ClN3O2. The molecule has 4 rings (SSSR count). The van der Waals surface area contributed by atoms with E-state index in [2.05, 4.69) is 0 Å². The van der Waals surface area contributed by atoms with Crippen LogP contribution < -0.4 is 5.56 Å². The van der Waals surface area contributed by atoms with Crippen LogP contribution in [-0.4, -0.2) is 26.9 Å². The van der Waals surface area contributed by atoms with Crippen LogP contribution in [0.3, 0.4) is 0 Å². The number of aromatic nitrogens is 2. The molecule has 1 unspecified atom stereocenters. The third kappa shape index (κ3) is 4.36. The van der Waals surface area contributed by atoms with Crippen molar-refractivity contribution in [3.05, 3.63) is 105 Å². The molecule has 0 N–H and O–H groups in total. The predicted molar refractivity (Wildman–Crippen MR) is 138 cm³/mol. The van der Waals surface area contributed by atoms with E-state index in [1.165, 1.54) is 0 Å². The van der Waals surface area contributed by atoms with Crippen molar-refractivity contribution in [1.82, 2.24) is 14.5 Å². The Bertz CT molecular complexity index is 1430. The van der Waals surface area contributed by atoms with Gasteiger partial charge in [0, 0.05) is 6.54 Å². The number of carbonyl (C=O) groups is 1. The molecule has 0 aliphatic rings. The van der Waals surface area contributed by atoms with E-state index in [4.69, 9.17) is 16.6 Å². The molecule has 0 bridgehead atoms. The molecule has 0 saturated heterocycles. The van der Waals surface area contributed by atoms with Crippen LogP contribution in [0, 0.1) is 13.8 Å². The maximum atomic E-state index is 13.8. The molecule has 1 aromatic heterocycles. The van der Waals surface area contributed by atoms with Crippen LogP contribution in [0.15, 0.2) is 71.5 Å². The molecule has 0 aliphatic heterocycles. The number of nitrogens with zero attached hydrogens (tertiary/aromatic N) is 3. The average Bonchev–Trinajstić information content (AvgIpc) is 2.82. The Morgan fingerprint density at radius 2 is 1.76 bits per heavy atom. The van der Waals surface area contributed by atoms with Crippen molar-refractivity contribution in [3.8, 4) is 5.69 Å². The number of halogens is 1. The fraction of sp³-hybridized carbons (Fsp3) is 0.250. The largest absolute Gasteiger partial charge is 0.329 e. The van der Waals surface area contributed by atoms with Crippen LogP contribution in [0.2, 0.25) is 5.02 Å². The summed E-state index contributed by atoms with van der Waals surface area (Å²) >= 11 is 6.36. The Morgan fingerprint density at radius 1 is 1.06 bits per heavy atom. The fourth-order valence-corrected chi connectivity index (χ4v) is 4.58. The molecule has 174 valence electrons. The first-order valence-corrected chi connectivity index (χ1v) is 11.9. The number of rotatable bonds is 6. The van der Waals surface area contributed by atoms with Crippen molar-refractivity contribution in [2.24, 2.45) is 0 Å². The van der Waals surface area contributed by atoms with Crippen LogP contribution >= 0.6 is 11.6 Å². The Morgan fingerprint density at radius 3 is 2.47 bits per heavy atom. The van der Waals surface area contributed by atoms with E-state index in [0.29, 0.717) is 33.9 Å². The van der Waals surface area contributed by atoms with Gasteiger partial charge in [0.15, 0.2) is 0 Å². The molecule has 0 radical (unpaired) electrons. The monoisotopic (exact) mass is 473 g/mol. The molecule has 0 saturated carbocycles. The lowest BCUT2D eigenvalue weighted by Crippen LogP contribution is -2.38. The van der Waals surface area contributed by atoms with Gasteiger partial charge in [0.1, 0.15) is 5.82 Å². The van der Waals surface area contributed by atoms with Gasteiger partial charge < -0.3 is 4.90 Å². The lowest BCUT2D eigenvalue weighted by atomic mass is 10.1. The molecule has 1 amide bonds. The van der Waals surface area contributed by atoms with Crippen molar-refractivity contribution in [2.75, 3.05) is 6.54 Å². The Hall–Kier alpha value is -3.44. The van der Waals surface area contributed by atoms with Crippen molar-refractivity contribution < 1.29 is 4.79 Å². The standard InChI is InChI=1S/C28H28ClN3O2/c1-5-16-31(27(33)21-10-6-8-12-23(21)29)20(4)26-30-24-13-9-7-11-22(24)28(34)32(26)25-15-14-18(2)17-19(25)3/h6-15,17,20H,5,16H2,1-4H3. The molecule has 3 aromatic carbocycles. The summed E-state index contributed by atoms with van der Waals surface area (Å²) in [6, 6.07) is 19.9. The second-order valence-corrected chi connectivity index (χ2v) is 8.98. The number of carbonyl (C=O) groups excluding carboxylic acids is 1. The van der Waals surface area contributed by atoms with Crippen molar-refractivity contribution in [3.63, 3.8) is 0 Å². The van der Waals surface area contributed by atoms with Crippen LogP contribution in [-0.2, 0) is 0 Å². The summed E-state index contributed by atoms with van der Waals surface area (Å²) in [6.07, 6.45) is 0.752. The molecule has 34 heavy (non-hydrogen) atoms. The van der Waals surface area contributed by atoms with Crippen LogP contribution in [0.1, 0.15) is 53.6 Å². The Kier molecular flexibility index (Phi) is 6.85. The summed E-state index contributed by atoms with van der Waals surface area (Å²) in [7, 11) is 0. The van der Waals surface area contributed by atoms with Gasteiger partial charge in [-0.05, 0) is 63.1 Å². The first-order chi connectivity index (χ1) is 16.3. The first-order valence-electron chi connectivity index (χ1n) is 11.5. The zero-order valence-corrected chi connectivity index (χ0v) is 20.6. The van der Waals surface area contributed by atoms with Crippen LogP contribution in [0.4, 0.5) is 0 Å². The summed E-state index contributed by atoms with van der Waals surface area (Å²) in [6.45, 7) is 8.44. The van der Waals surface area contributed by atoms with Crippen molar-refractivity contribution >= 4 is 28.4 Å². The SMILES string of the molecule is CCCN(C(=O)c1ccccc1Cl)C(C)c1nc2ccccc2c(=O)n1-c1ccc(C)cc1C. The number of benzene rings is 3. The number of hydrogen-bond donors (Lipinski definition) is 0. The van der Waals surface area contributed by atoms with Crippen molar-refractivity contribution in [2.45, 2.75) is 40.2 Å². The molecule has 1 atom stereocenters. The molecule has 4 aromatic rings. The Labute approximate surface area is 204 Å². The van der Waals surface area contributed by atoms with E-state index in [9.17, 15) is 9.59 Å². The lowest BCUT2D eigenvalue weighted by Gasteiger charge is -2.31. The smallest absolute Gasteiger partial charge is 0.266 e. The van der Waals surface area contributed by atoms with E-state index < -0.39 is 6.04 Å². The summed E-state index contributed by atoms with van der Waals surface area (Å²) in [5.41, 5.74) is 3.73. The van der Waals surface area contributed by atoms with Gasteiger partial charge in [-0.15, -0.1) is 0 Å². The summed E-state index contributed by atoms with van der Waals surface area (Å²) in [4.78, 5) is 34.0.